The van der Waals surface area contributed by atoms with Gasteiger partial charge in [0.15, 0.2) is 6.10 Å². The summed E-state index contributed by atoms with van der Waals surface area (Å²) in [6, 6.07) is 16.7. The summed E-state index contributed by atoms with van der Waals surface area (Å²) >= 11 is 0. The number of carbonyl (C=O) groups is 2. The van der Waals surface area contributed by atoms with Crippen molar-refractivity contribution in [2.45, 2.75) is 24.8 Å². The zero-order valence-corrected chi connectivity index (χ0v) is 19.3. The number of anilines is 2. The predicted molar refractivity (Wildman–Crippen MR) is 125 cm³/mol. The molecule has 1 amide bonds. The predicted octanol–water partition coefficient (Wildman–Crippen LogP) is 4.21. The third-order valence-electron chi connectivity index (χ3n) is 4.60. The molecule has 1 atom stereocenters. The van der Waals surface area contributed by atoms with Gasteiger partial charge < -0.3 is 14.8 Å². The summed E-state index contributed by atoms with van der Waals surface area (Å²) in [5.74, 6) is -1.39. The Labute approximate surface area is 196 Å². The Hall–Kier alpha value is -3.92. The van der Waals surface area contributed by atoms with Crippen molar-refractivity contribution in [3.05, 3.63) is 84.2 Å². The van der Waals surface area contributed by atoms with E-state index in [2.05, 4.69) is 10.0 Å². The summed E-state index contributed by atoms with van der Waals surface area (Å²) in [6.07, 6.45) is -1.17. The Bertz CT molecular complexity index is 1260. The highest BCUT2D eigenvalue weighted by atomic mass is 32.2. The van der Waals surface area contributed by atoms with Crippen molar-refractivity contribution in [3.63, 3.8) is 0 Å². The topological polar surface area (TPSA) is 111 Å². The van der Waals surface area contributed by atoms with Gasteiger partial charge in [-0.05, 0) is 74.5 Å². The van der Waals surface area contributed by atoms with Crippen LogP contribution in [0.25, 0.3) is 0 Å². The van der Waals surface area contributed by atoms with E-state index in [1.165, 1.54) is 31.2 Å². The fraction of sp³-hybridized carbons (Fsp3) is 0.167. The molecule has 0 heterocycles. The maximum absolute atomic E-state index is 13.1. The Morgan fingerprint density at radius 1 is 0.971 bits per heavy atom. The minimum absolute atomic E-state index is 0.0454. The quantitative estimate of drug-likeness (QED) is 0.439. The van der Waals surface area contributed by atoms with Gasteiger partial charge in [-0.3, -0.25) is 9.52 Å². The van der Waals surface area contributed by atoms with Crippen LogP contribution < -0.4 is 14.8 Å². The van der Waals surface area contributed by atoms with Crippen LogP contribution in [0.2, 0.25) is 0 Å². The second kappa shape index (κ2) is 10.8. The Morgan fingerprint density at radius 3 is 2.26 bits per heavy atom. The summed E-state index contributed by atoms with van der Waals surface area (Å²) in [5.41, 5.74) is 0.355. The molecular weight excluding hydrogens is 463 g/mol. The number of para-hydroxylation sites is 1. The lowest BCUT2D eigenvalue weighted by Gasteiger charge is -2.16. The fourth-order valence-electron chi connectivity index (χ4n) is 2.89. The number of esters is 1. The van der Waals surface area contributed by atoms with E-state index in [1.807, 2.05) is 6.92 Å². The molecule has 0 saturated heterocycles. The maximum atomic E-state index is 13.1. The van der Waals surface area contributed by atoms with Crippen LogP contribution in [0.5, 0.6) is 5.75 Å². The van der Waals surface area contributed by atoms with E-state index in [1.54, 1.807) is 24.3 Å². The maximum Gasteiger partial charge on any atom is 0.341 e. The monoisotopic (exact) mass is 486 g/mol. The highest BCUT2D eigenvalue weighted by Crippen LogP contribution is 2.22. The van der Waals surface area contributed by atoms with Crippen LogP contribution in [0.15, 0.2) is 77.7 Å². The minimum atomic E-state index is -4.09. The van der Waals surface area contributed by atoms with Crippen molar-refractivity contribution < 1.29 is 31.9 Å². The van der Waals surface area contributed by atoms with Crippen LogP contribution in [0.3, 0.4) is 0 Å². The highest BCUT2D eigenvalue weighted by Gasteiger charge is 2.23. The molecule has 0 aliphatic carbocycles. The molecule has 2 N–H and O–H groups in total. The van der Waals surface area contributed by atoms with Crippen LogP contribution in [0.4, 0.5) is 15.8 Å². The number of nitrogens with one attached hydrogen (secondary N) is 2. The number of benzene rings is 3. The van der Waals surface area contributed by atoms with Gasteiger partial charge in [0.05, 0.1) is 22.8 Å². The molecule has 0 radical (unpaired) electrons. The first kappa shape index (κ1) is 24.7. The SMILES string of the molecule is CCOc1ccc(NC(=O)C(C)OC(=O)c2ccccc2NS(=O)(=O)c2ccc(F)cc2)cc1. The second-order valence-corrected chi connectivity index (χ2v) is 8.78. The van der Waals surface area contributed by atoms with Crippen molar-refractivity contribution >= 4 is 33.3 Å². The lowest BCUT2D eigenvalue weighted by molar-refractivity contribution is -0.123. The number of carbonyl (C=O) groups excluding carboxylic acids is 2. The van der Waals surface area contributed by atoms with Crippen LogP contribution in [-0.2, 0) is 19.6 Å². The van der Waals surface area contributed by atoms with Crippen LogP contribution >= 0.6 is 0 Å². The molecule has 0 fully saturated rings. The molecule has 10 heteroatoms. The molecule has 0 saturated carbocycles. The highest BCUT2D eigenvalue weighted by molar-refractivity contribution is 7.92. The molecule has 3 aromatic rings. The molecule has 34 heavy (non-hydrogen) atoms. The molecule has 1 unspecified atom stereocenters. The Kier molecular flexibility index (Phi) is 7.85. The molecule has 8 nitrogen and oxygen atoms in total. The summed E-state index contributed by atoms with van der Waals surface area (Å²) in [4.78, 5) is 25.0. The lowest BCUT2D eigenvalue weighted by atomic mass is 10.2. The summed E-state index contributed by atoms with van der Waals surface area (Å²) in [7, 11) is -4.09. The average Bonchev–Trinajstić information content (AvgIpc) is 2.80. The molecular formula is C24H23FN2O6S. The number of ether oxygens (including phenoxy) is 2. The average molecular weight is 487 g/mol. The van der Waals surface area contributed by atoms with Gasteiger partial charge >= 0.3 is 5.97 Å². The van der Waals surface area contributed by atoms with Gasteiger partial charge in [0.1, 0.15) is 11.6 Å². The molecule has 0 aliphatic heterocycles. The van der Waals surface area contributed by atoms with Crippen LogP contribution in [-0.4, -0.2) is 33.0 Å². The third-order valence-corrected chi connectivity index (χ3v) is 5.98. The minimum Gasteiger partial charge on any atom is -0.494 e. The van der Waals surface area contributed by atoms with Crippen molar-refractivity contribution in [1.29, 1.82) is 0 Å². The molecule has 0 aromatic heterocycles. The first-order valence-corrected chi connectivity index (χ1v) is 11.8. The van der Waals surface area contributed by atoms with E-state index in [-0.39, 0.29) is 16.1 Å². The molecule has 3 rings (SSSR count). The Balaban J connectivity index is 1.69. The number of rotatable bonds is 9. The van der Waals surface area contributed by atoms with E-state index >= 15 is 0 Å². The van der Waals surface area contributed by atoms with E-state index in [0.717, 1.165) is 24.3 Å². The largest absolute Gasteiger partial charge is 0.494 e. The zero-order valence-electron chi connectivity index (χ0n) is 18.4. The van der Waals surface area contributed by atoms with Gasteiger partial charge in [-0.2, -0.15) is 0 Å². The van der Waals surface area contributed by atoms with Gasteiger partial charge in [0.25, 0.3) is 15.9 Å². The first-order valence-electron chi connectivity index (χ1n) is 10.3. The van der Waals surface area contributed by atoms with Crippen LogP contribution in [0, 0.1) is 5.82 Å². The van der Waals surface area contributed by atoms with E-state index in [4.69, 9.17) is 9.47 Å². The van der Waals surface area contributed by atoms with Crippen molar-refractivity contribution in [2.24, 2.45) is 0 Å². The zero-order chi connectivity index (χ0) is 24.7. The van der Waals surface area contributed by atoms with Crippen molar-refractivity contribution in [3.8, 4) is 5.75 Å². The number of hydrogen-bond donors (Lipinski definition) is 2. The molecule has 3 aromatic carbocycles. The van der Waals surface area contributed by atoms with Crippen molar-refractivity contribution in [1.82, 2.24) is 0 Å². The standard InChI is InChI=1S/C24H23FN2O6S/c1-3-32-19-12-10-18(11-13-19)26-23(28)16(2)33-24(29)21-6-4-5-7-22(21)27-34(30,31)20-14-8-17(25)9-15-20/h4-16,27H,3H2,1-2H3,(H,26,28). The first-order chi connectivity index (χ1) is 16.2. The smallest absolute Gasteiger partial charge is 0.341 e. The van der Waals surface area contributed by atoms with Gasteiger partial charge in [-0.15, -0.1) is 0 Å². The molecule has 178 valence electrons. The molecule has 0 bridgehead atoms. The fourth-order valence-corrected chi connectivity index (χ4v) is 3.97. The summed E-state index contributed by atoms with van der Waals surface area (Å²) in [5, 5.41) is 2.63. The van der Waals surface area contributed by atoms with Gasteiger partial charge in [-0.25, -0.2) is 17.6 Å². The van der Waals surface area contributed by atoms with Crippen molar-refractivity contribution in [2.75, 3.05) is 16.6 Å². The number of amides is 1. The molecule has 0 aliphatic rings. The van der Waals surface area contributed by atoms with E-state index in [9.17, 15) is 22.4 Å². The van der Waals surface area contributed by atoms with Gasteiger partial charge in [-0.1, -0.05) is 12.1 Å². The van der Waals surface area contributed by atoms with Crippen LogP contribution in [0.1, 0.15) is 24.2 Å². The van der Waals surface area contributed by atoms with Gasteiger partial charge in [0, 0.05) is 5.69 Å². The van der Waals surface area contributed by atoms with E-state index in [0.29, 0.717) is 18.0 Å². The second-order valence-electron chi connectivity index (χ2n) is 7.10. The third kappa shape index (κ3) is 6.32. The number of sulfonamides is 1. The van der Waals surface area contributed by atoms with Gasteiger partial charge in [0.2, 0.25) is 0 Å². The number of halogens is 1. The lowest BCUT2D eigenvalue weighted by Crippen LogP contribution is -2.30. The number of hydrogen-bond acceptors (Lipinski definition) is 6. The van der Waals surface area contributed by atoms with E-state index < -0.39 is 33.8 Å². The normalized spacial score (nSPS) is 11.9. The summed E-state index contributed by atoms with van der Waals surface area (Å²) in [6.45, 7) is 3.77. The summed E-state index contributed by atoms with van der Waals surface area (Å²) < 4.78 is 51.3. The molecule has 0 spiro atoms. The Morgan fingerprint density at radius 2 is 1.62 bits per heavy atom.